The van der Waals surface area contributed by atoms with Crippen LogP contribution in [0.15, 0.2) is 47.5 Å². The van der Waals surface area contributed by atoms with E-state index in [-0.39, 0.29) is 37.1 Å². The number of aliphatic hydroxyl groups is 1. The van der Waals surface area contributed by atoms with E-state index in [1.165, 1.54) is 17.1 Å². The highest BCUT2D eigenvalue weighted by atomic mass is 19.4. The number of rotatable bonds is 8. The van der Waals surface area contributed by atoms with Crippen LogP contribution in [0.3, 0.4) is 0 Å². The van der Waals surface area contributed by atoms with Gasteiger partial charge in [0, 0.05) is 29.4 Å². The van der Waals surface area contributed by atoms with E-state index in [1.54, 1.807) is 42.0 Å². The molecule has 0 aromatic carbocycles. The van der Waals surface area contributed by atoms with Crippen molar-refractivity contribution < 1.29 is 32.3 Å². The van der Waals surface area contributed by atoms with Gasteiger partial charge in [0.15, 0.2) is 0 Å². The lowest BCUT2D eigenvalue weighted by Crippen LogP contribution is -2.34. The van der Waals surface area contributed by atoms with Gasteiger partial charge in [-0.2, -0.15) is 10.1 Å². The number of hydrogen-bond acceptors (Lipinski definition) is 10. The minimum atomic E-state index is -4.68. The van der Waals surface area contributed by atoms with Gasteiger partial charge in [0.25, 0.3) is 5.91 Å². The van der Waals surface area contributed by atoms with E-state index in [4.69, 9.17) is 9.63 Å². The lowest BCUT2D eigenvalue weighted by molar-refractivity contribution is -0.352. The predicted octanol–water partition coefficient (Wildman–Crippen LogP) is 3.37. The number of pyridine rings is 2. The van der Waals surface area contributed by atoms with E-state index in [2.05, 4.69) is 40.6 Å². The minimum Gasteiger partial charge on any atom is -0.394 e. The van der Waals surface area contributed by atoms with Crippen molar-refractivity contribution in [2.24, 2.45) is 0 Å². The summed E-state index contributed by atoms with van der Waals surface area (Å²) in [6.45, 7) is 1.99. The molecule has 13 nitrogen and oxygen atoms in total. The molecule has 0 saturated heterocycles. The molecule has 6 rings (SSSR count). The van der Waals surface area contributed by atoms with Crippen LogP contribution in [0.2, 0.25) is 0 Å². The van der Waals surface area contributed by atoms with Gasteiger partial charge in [0.1, 0.15) is 5.69 Å². The predicted molar refractivity (Wildman–Crippen MR) is 134 cm³/mol. The number of hydrogen-bond donors (Lipinski definition) is 2. The zero-order valence-corrected chi connectivity index (χ0v) is 21.4. The third-order valence-electron chi connectivity index (χ3n) is 6.70. The summed E-state index contributed by atoms with van der Waals surface area (Å²) >= 11 is 0. The zero-order valence-electron chi connectivity index (χ0n) is 21.4. The first-order valence-electron chi connectivity index (χ1n) is 12.5. The van der Waals surface area contributed by atoms with Crippen molar-refractivity contribution in [1.29, 1.82) is 0 Å². The Kier molecular flexibility index (Phi) is 6.70. The van der Waals surface area contributed by atoms with Crippen LogP contribution in [-0.4, -0.2) is 69.8 Å². The molecule has 1 aliphatic rings. The maximum Gasteiger partial charge on any atom is 0.522 e. The van der Waals surface area contributed by atoms with Gasteiger partial charge in [-0.15, -0.1) is 18.3 Å². The quantitative estimate of drug-likeness (QED) is 0.284. The Morgan fingerprint density at radius 2 is 2.05 bits per heavy atom. The molecule has 1 aliphatic carbocycles. The minimum absolute atomic E-state index is 0.0570. The number of alkyl halides is 3. The van der Waals surface area contributed by atoms with E-state index >= 15 is 0 Å². The number of ether oxygens (including phenoxy) is 1. The average Bonchev–Trinajstić information content (AvgIpc) is 3.66. The maximum absolute atomic E-state index is 13.2. The number of halogens is 3. The van der Waals surface area contributed by atoms with Gasteiger partial charge in [-0.3, -0.25) is 14.5 Å². The molecule has 41 heavy (non-hydrogen) atoms. The normalized spacial score (nSPS) is 17.1. The Balaban J connectivity index is 1.16. The molecule has 0 bridgehead atoms. The van der Waals surface area contributed by atoms with Gasteiger partial charge in [-0.25, -0.2) is 9.20 Å². The van der Waals surface area contributed by atoms with Crippen molar-refractivity contribution in [3.8, 4) is 22.6 Å². The molecule has 1 fully saturated rings. The van der Waals surface area contributed by atoms with Gasteiger partial charge >= 0.3 is 6.36 Å². The fraction of sp³-hybridized carbons (Fsp3) is 0.320. The number of nitrogens with zero attached hydrogens (tertiary/aromatic N) is 8. The molecule has 2 N–H and O–H groups in total. The first-order chi connectivity index (χ1) is 19.7. The van der Waals surface area contributed by atoms with Crippen LogP contribution in [0.25, 0.3) is 28.2 Å². The Morgan fingerprint density at radius 1 is 1.22 bits per heavy atom. The van der Waals surface area contributed by atoms with Crippen LogP contribution in [-0.2, 0) is 11.3 Å². The molecule has 1 amide bonds. The van der Waals surface area contributed by atoms with Crippen LogP contribution in [0.4, 0.5) is 18.9 Å². The largest absolute Gasteiger partial charge is 0.522 e. The second kappa shape index (κ2) is 10.4. The van der Waals surface area contributed by atoms with E-state index in [9.17, 15) is 18.0 Å². The summed E-state index contributed by atoms with van der Waals surface area (Å²) in [4.78, 5) is 21.8. The molecule has 0 aliphatic heterocycles. The highest BCUT2D eigenvalue weighted by Crippen LogP contribution is 2.41. The molecule has 212 valence electrons. The van der Waals surface area contributed by atoms with Crippen molar-refractivity contribution >= 4 is 17.1 Å². The summed E-state index contributed by atoms with van der Waals surface area (Å²) in [6.07, 6.45) is 1.03. The van der Waals surface area contributed by atoms with Crippen molar-refractivity contribution in [2.45, 2.75) is 44.7 Å². The Hall–Kier alpha value is -4.70. The Bertz CT molecular complexity index is 1720. The molecule has 5 heterocycles. The number of carbonyl (C=O) groups is 1. The van der Waals surface area contributed by atoms with Crippen LogP contribution >= 0.6 is 0 Å². The fourth-order valence-electron chi connectivity index (χ4n) is 4.50. The van der Waals surface area contributed by atoms with E-state index < -0.39 is 18.4 Å². The van der Waals surface area contributed by atoms with Crippen LogP contribution < -0.4 is 5.32 Å². The number of carbonyl (C=O) groups excluding carboxylic acids is 1. The number of amides is 1. The van der Waals surface area contributed by atoms with Crippen molar-refractivity contribution in [2.75, 3.05) is 11.9 Å². The average molecular weight is 570 g/mol. The van der Waals surface area contributed by atoms with Crippen molar-refractivity contribution in [1.82, 2.24) is 39.7 Å². The summed E-state index contributed by atoms with van der Waals surface area (Å²) in [7, 11) is 0. The smallest absolute Gasteiger partial charge is 0.394 e. The van der Waals surface area contributed by atoms with Crippen LogP contribution in [0, 0.1) is 6.92 Å². The third kappa shape index (κ3) is 5.51. The summed E-state index contributed by atoms with van der Waals surface area (Å²) in [5.74, 6) is -0.329. The SMILES string of the molecule is Cc1ncc(-c2noc(C3CC(OC(F)(F)F)C3)n2)cc1NC(=O)c1cnn2cc(-c3cn(CCO)nn3)ccc12. The van der Waals surface area contributed by atoms with Crippen LogP contribution in [0.5, 0.6) is 0 Å². The van der Waals surface area contributed by atoms with E-state index in [1.807, 2.05) is 0 Å². The van der Waals surface area contributed by atoms with Gasteiger partial charge in [-0.05, 0) is 38.0 Å². The monoisotopic (exact) mass is 569 g/mol. The fourth-order valence-corrected chi connectivity index (χ4v) is 4.50. The first-order valence-corrected chi connectivity index (χ1v) is 12.5. The molecule has 1 saturated carbocycles. The topological polar surface area (TPSA) is 158 Å². The molecule has 0 radical (unpaired) electrons. The second-order valence-electron chi connectivity index (χ2n) is 9.52. The number of nitrogens with one attached hydrogen (secondary N) is 1. The zero-order chi connectivity index (χ0) is 28.7. The van der Waals surface area contributed by atoms with Crippen LogP contribution in [0.1, 0.15) is 40.7 Å². The number of aliphatic hydroxyl groups excluding tert-OH is 1. The maximum atomic E-state index is 13.2. The number of fused-ring (bicyclic) bond motifs is 1. The molecular weight excluding hydrogens is 547 g/mol. The van der Waals surface area contributed by atoms with Gasteiger partial charge in [-0.1, -0.05) is 10.4 Å². The van der Waals surface area contributed by atoms with Gasteiger partial charge in [0.2, 0.25) is 11.7 Å². The molecule has 5 aromatic rings. The standard InChI is InChI=1S/C25H22F3N9O4/c1-13-19(8-16(9-29-13)22-32-24(41-34-22)15-6-17(7-15)40-25(26,27)28)31-23(39)18-10-30-37-11-14(2-3-21(18)37)20-12-36(4-5-38)35-33-20/h2-3,8-12,15,17,38H,4-7H2,1H3,(H,31,39). The summed E-state index contributed by atoms with van der Waals surface area (Å²) in [6, 6.07) is 5.18. The van der Waals surface area contributed by atoms with E-state index in [0.717, 1.165) is 5.56 Å². The number of aromatic nitrogens is 8. The molecular formula is C25H22F3N9O4. The third-order valence-corrected chi connectivity index (χ3v) is 6.70. The number of aryl methyl sites for hydroxylation is 1. The molecule has 5 aromatic heterocycles. The Labute approximate surface area is 229 Å². The molecule has 0 unspecified atom stereocenters. The molecule has 0 atom stereocenters. The lowest BCUT2D eigenvalue weighted by atomic mass is 9.82. The second-order valence-corrected chi connectivity index (χ2v) is 9.52. The molecule has 0 spiro atoms. The lowest BCUT2D eigenvalue weighted by Gasteiger charge is -2.32. The van der Waals surface area contributed by atoms with Crippen molar-refractivity contribution in [3.63, 3.8) is 0 Å². The van der Waals surface area contributed by atoms with E-state index in [0.29, 0.717) is 40.3 Å². The first kappa shape index (κ1) is 26.5. The summed E-state index contributed by atoms with van der Waals surface area (Å²) in [5, 5.41) is 28.2. The summed E-state index contributed by atoms with van der Waals surface area (Å²) < 4.78 is 49.5. The number of anilines is 1. The highest BCUT2D eigenvalue weighted by Gasteiger charge is 2.42. The Morgan fingerprint density at radius 3 is 2.83 bits per heavy atom. The molecule has 16 heteroatoms. The van der Waals surface area contributed by atoms with Crippen molar-refractivity contribution in [3.05, 3.63) is 60.1 Å². The van der Waals surface area contributed by atoms with Gasteiger partial charge in [0.05, 0.1) is 54.1 Å². The summed E-state index contributed by atoms with van der Waals surface area (Å²) in [5.41, 5.74) is 3.63. The van der Waals surface area contributed by atoms with Gasteiger partial charge < -0.3 is 14.9 Å². The highest BCUT2D eigenvalue weighted by molar-refractivity contribution is 6.09.